The normalized spacial score (nSPS) is 12.9. The van der Waals surface area contributed by atoms with Crippen LogP contribution in [0.15, 0.2) is 4.99 Å². The maximum Gasteiger partial charge on any atom is 0.332 e. The average Bonchev–Trinajstić information content (AvgIpc) is 1.96. The third-order valence-corrected chi connectivity index (χ3v) is 1.27. The zero-order valence-corrected chi connectivity index (χ0v) is 8.46. The van der Waals surface area contributed by atoms with Crippen molar-refractivity contribution in [3.05, 3.63) is 0 Å². The highest BCUT2D eigenvalue weighted by Crippen LogP contribution is 2.10. The Hall–Kier alpha value is -1.15. The zero-order valence-electron chi connectivity index (χ0n) is 8.46. The number of aliphatic imine (C=N–C) groups is 1. The van der Waals surface area contributed by atoms with Crippen molar-refractivity contribution in [3.63, 3.8) is 0 Å². The van der Waals surface area contributed by atoms with Gasteiger partial charge in [0, 0.05) is 0 Å². The number of ether oxygens (including phenoxy) is 1. The number of hydrogen-bond donors (Lipinski definition) is 0. The molecule has 0 rings (SSSR count). The molecule has 0 saturated heterocycles. The second-order valence-electron chi connectivity index (χ2n) is 3.68. The molecule has 0 aliphatic carbocycles. The summed E-state index contributed by atoms with van der Waals surface area (Å²) in [5, 5.41) is 0. The molecule has 0 aromatic heterocycles. The van der Waals surface area contributed by atoms with Crippen molar-refractivity contribution in [2.45, 2.75) is 45.8 Å². The van der Waals surface area contributed by atoms with E-state index in [9.17, 15) is 9.59 Å². The van der Waals surface area contributed by atoms with Gasteiger partial charge in [0.25, 0.3) is 0 Å². The first-order valence-corrected chi connectivity index (χ1v) is 4.20. The predicted molar refractivity (Wildman–Crippen MR) is 48.0 cm³/mol. The highest BCUT2D eigenvalue weighted by molar-refractivity contribution is 5.77. The third-order valence-electron chi connectivity index (χ3n) is 1.27. The highest BCUT2D eigenvalue weighted by Gasteiger charge is 2.23. The molecule has 0 fully saturated rings. The minimum atomic E-state index is -0.711. The van der Waals surface area contributed by atoms with E-state index in [1.54, 1.807) is 27.7 Å². The Labute approximate surface area is 78.0 Å². The van der Waals surface area contributed by atoms with Crippen LogP contribution in [0.1, 0.15) is 34.1 Å². The lowest BCUT2D eigenvalue weighted by atomic mass is 10.2. The molecule has 0 N–H and O–H groups in total. The molecule has 0 aliphatic heterocycles. The molecule has 74 valence electrons. The number of carbonyl (C=O) groups is 1. The van der Waals surface area contributed by atoms with E-state index in [2.05, 4.69) is 4.99 Å². The maximum absolute atomic E-state index is 11.3. The first-order valence-electron chi connectivity index (χ1n) is 4.20. The van der Waals surface area contributed by atoms with Gasteiger partial charge in [-0.3, -0.25) is 0 Å². The van der Waals surface area contributed by atoms with Gasteiger partial charge in [0.1, 0.15) is 5.60 Å². The van der Waals surface area contributed by atoms with Gasteiger partial charge in [0.2, 0.25) is 6.08 Å². The molecule has 0 bridgehead atoms. The van der Waals surface area contributed by atoms with E-state index < -0.39 is 17.6 Å². The minimum absolute atomic E-state index is 0.449. The summed E-state index contributed by atoms with van der Waals surface area (Å²) in [6.07, 6.45) is 1.81. The van der Waals surface area contributed by atoms with Crippen molar-refractivity contribution < 1.29 is 14.3 Å². The van der Waals surface area contributed by atoms with Crippen molar-refractivity contribution in [1.29, 1.82) is 0 Å². The molecule has 0 aromatic rings. The zero-order chi connectivity index (χ0) is 10.5. The first kappa shape index (κ1) is 11.8. The summed E-state index contributed by atoms with van der Waals surface area (Å²) in [5.41, 5.74) is -0.539. The lowest BCUT2D eigenvalue weighted by molar-refractivity contribution is -0.156. The third kappa shape index (κ3) is 5.15. The van der Waals surface area contributed by atoms with E-state index in [0.717, 1.165) is 0 Å². The van der Waals surface area contributed by atoms with Crippen LogP contribution in [0.25, 0.3) is 0 Å². The van der Waals surface area contributed by atoms with Gasteiger partial charge in [0.05, 0.1) is 0 Å². The van der Waals surface area contributed by atoms with Crippen molar-refractivity contribution in [3.8, 4) is 0 Å². The Morgan fingerprint density at radius 1 is 1.54 bits per heavy atom. The van der Waals surface area contributed by atoms with E-state index >= 15 is 0 Å². The van der Waals surface area contributed by atoms with E-state index in [1.165, 1.54) is 6.08 Å². The summed E-state index contributed by atoms with van der Waals surface area (Å²) in [7, 11) is 0. The van der Waals surface area contributed by atoms with Gasteiger partial charge < -0.3 is 4.74 Å². The van der Waals surface area contributed by atoms with Crippen molar-refractivity contribution >= 4 is 12.0 Å². The second-order valence-corrected chi connectivity index (χ2v) is 3.68. The topological polar surface area (TPSA) is 55.7 Å². The van der Waals surface area contributed by atoms with Gasteiger partial charge in [-0.2, -0.15) is 4.99 Å². The van der Waals surface area contributed by atoms with Crippen molar-refractivity contribution in [1.82, 2.24) is 0 Å². The fourth-order valence-electron chi connectivity index (χ4n) is 0.744. The van der Waals surface area contributed by atoms with Gasteiger partial charge in [0.15, 0.2) is 6.04 Å². The molecule has 0 amide bonds. The number of hydrogen-bond acceptors (Lipinski definition) is 4. The molecule has 0 saturated carbocycles. The summed E-state index contributed by atoms with van der Waals surface area (Å²) < 4.78 is 5.03. The van der Waals surface area contributed by atoms with Gasteiger partial charge in [-0.1, -0.05) is 6.92 Å². The van der Waals surface area contributed by atoms with Gasteiger partial charge >= 0.3 is 5.97 Å². The Morgan fingerprint density at radius 3 is 2.38 bits per heavy atom. The smallest absolute Gasteiger partial charge is 0.332 e. The average molecular weight is 185 g/mol. The molecule has 0 unspecified atom stereocenters. The van der Waals surface area contributed by atoms with Crippen LogP contribution in [0.2, 0.25) is 0 Å². The second kappa shape index (κ2) is 4.77. The largest absolute Gasteiger partial charge is 0.458 e. The van der Waals surface area contributed by atoms with E-state index in [1.807, 2.05) is 0 Å². The molecular weight excluding hydrogens is 170 g/mol. The molecular formula is C9H15NO3. The van der Waals surface area contributed by atoms with Crippen LogP contribution in [-0.4, -0.2) is 23.7 Å². The number of isocyanates is 1. The molecule has 1 atom stereocenters. The van der Waals surface area contributed by atoms with Crippen LogP contribution >= 0.6 is 0 Å². The lowest BCUT2D eigenvalue weighted by Crippen LogP contribution is -2.30. The van der Waals surface area contributed by atoms with Crippen LogP contribution in [0.3, 0.4) is 0 Å². The molecule has 0 radical (unpaired) electrons. The molecule has 0 aliphatic rings. The first-order chi connectivity index (χ1) is 5.90. The fraction of sp³-hybridized carbons (Fsp3) is 0.778. The van der Waals surface area contributed by atoms with Crippen LogP contribution < -0.4 is 0 Å². The maximum atomic E-state index is 11.3. The minimum Gasteiger partial charge on any atom is -0.458 e. The van der Waals surface area contributed by atoms with Gasteiger partial charge in [-0.05, 0) is 27.2 Å². The lowest BCUT2D eigenvalue weighted by Gasteiger charge is -2.21. The van der Waals surface area contributed by atoms with E-state index in [4.69, 9.17) is 4.74 Å². The summed E-state index contributed by atoms with van der Waals surface area (Å²) in [4.78, 5) is 24.6. The summed E-state index contributed by atoms with van der Waals surface area (Å²) in [5.74, 6) is -0.474. The summed E-state index contributed by atoms with van der Waals surface area (Å²) >= 11 is 0. The molecule has 4 heteroatoms. The van der Waals surface area contributed by atoms with Gasteiger partial charge in [-0.15, -0.1) is 0 Å². The Morgan fingerprint density at radius 2 is 2.08 bits per heavy atom. The van der Waals surface area contributed by atoms with Crippen LogP contribution in [-0.2, 0) is 14.3 Å². The number of carbonyl (C=O) groups excluding carboxylic acids is 2. The molecule has 0 aromatic carbocycles. The van der Waals surface area contributed by atoms with Crippen LogP contribution in [0, 0.1) is 0 Å². The summed E-state index contributed by atoms with van der Waals surface area (Å²) in [6.45, 7) is 7.06. The number of nitrogens with zero attached hydrogens (tertiary/aromatic N) is 1. The standard InChI is InChI=1S/C9H15NO3/c1-5-7(10-6-11)8(12)13-9(2,3)4/h7H,5H2,1-4H3/t7-/m1/s1. The summed E-state index contributed by atoms with van der Waals surface area (Å²) in [6, 6.07) is -0.711. The van der Waals surface area contributed by atoms with E-state index in [0.29, 0.717) is 6.42 Å². The number of esters is 1. The van der Waals surface area contributed by atoms with Gasteiger partial charge in [-0.25, -0.2) is 9.59 Å². The Balaban J connectivity index is 4.31. The SMILES string of the molecule is CC[C@@H](N=C=O)C(=O)OC(C)(C)C. The number of rotatable bonds is 3. The quantitative estimate of drug-likeness (QED) is 0.380. The fourth-order valence-corrected chi connectivity index (χ4v) is 0.744. The van der Waals surface area contributed by atoms with Crippen molar-refractivity contribution in [2.75, 3.05) is 0 Å². The van der Waals surface area contributed by atoms with Crippen LogP contribution in [0.5, 0.6) is 0 Å². The molecule has 4 nitrogen and oxygen atoms in total. The Kier molecular flexibility index (Phi) is 4.35. The van der Waals surface area contributed by atoms with E-state index in [-0.39, 0.29) is 0 Å². The molecule has 0 spiro atoms. The monoisotopic (exact) mass is 185 g/mol. The predicted octanol–water partition coefficient (Wildman–Crippen LogP) is 1.44. The molecule has 13 heavy (non-hydrogen) atoms. The van der Waals surface area contributed by atoms with Crippen LogP contribution in [0.4, 0.5) is 0 Å². The Bertz CT molecular complexity index is 224. The van der Waals surface area contributed by atoms with Crippen molar-refractivity contribution in [2.24, 2.45) is 4.99 Å². The highest BCUT2D eigenvalue weighted by atomic mass is 16.6. The molecule has 0 heterocycles.